The number of rotatable bonds is 6. The number of aliphatic imine (C=N–C) groups is 1. The first-order chi connectivity index (χ1) is 14.9. The summed E-state index contributed by atoms with van der Waals surface area (Å²) in [5.74, 6) is -2.50. The summed E-state index contributed by atoms with van der Waals surface area (Å²) in [7, 11) is 0. The Balaban J connectivity index is 1.82. The Hall–Kier alpha value is -3.55. The number of aryl methyl sites for hydroxylation is 3. The molecule has 8 heteroatoms. The zero-order valence-electron chi connectivity index (χ0n) is 17.7. The summed E-state index contributed by atoms with van der Waals surface area (Å²) in [5, 5.41) is 10.2. The van der Waals surface area contributed by atoms with Gasteiger partial charge in [0.1, 0.15) is 0 Å². The van der Waals surface area contributed by atoms with E-state index in [-0.39, 0.29) is 11.5 Å². The van der Waals surface area contributed by atoms with Crippen molar-refractivity contribution in [1.82, 2.24) is 15.1 Å². The first-order valence-corrected chi connectivity index (χ1v) is 10.0. The van der Waals surface area contributed by atoms with Gasteiger partial charge >= 0.3 is 0 Å². The van der Waals surface area contributed by atoms with Gasteiger partial charge < -0.3 is 5.32 Å². The van der Waals surface area contributed by atoms with Gasteiger partial charge in [-0.1, -0.05) is 24.6 Å². The maximum atomic E-state index is 13.5. The summed E-state index contributed by atoms with van der Waals surface area (Å²) in [6, 6.07) is 10.6. The summed E-state index contributed by atoms with van der Waals surface area (Å²) < 4.78 is 28.6. The average molecular weight is 425 g/mol. The number of benzene rings is 2. The SMILES string of the molecule is CCCn1cc(CN=C(NC(=O)c2ccc(F)c(F)c2)Nc2ccc(C)cc2)c(C)n1. The van der Waals surface area contributed by atoms with Crippen LogP contribution in [-0.2, 0) is 13.1 Å². The quantitative estimate of drug-likeness (QED) is 0.448. The van der Waals surface area contributed by atoms with Crippen LogP contribution in [-0.4, -0.2) is 21.6 Å². The van der Waals surface area contributed by atoms with E-state index in [9.17, 15) is 13.6 Å². The Morgan fingerprint density at radius 2 is 1.84 bits per heavy atom. The van der Waals surface area contributed by atoms with Crippen LogP contribution >= 0.6 is 0 Å². The van der Waals surface area contributed by atoms with Gasteiger partial charge in [-0.25, -0.2) is 13.8 Å². The third-order valence-corrected chi connectivity index (χ3v) is 4.64. The summed E-state index contributed by atoms with van der Waals surface area (Å²) in [5.41, 5.74) is 3.60. The lowest BCUT2D eigenvalue weighted by molar-refractivity contribution is 0.0976. The number of guanidine groups is 1. The first kappa shape index (κ1) is 22.1. The fourth-order valence-corrected chi connectivity index (χ4v) is 2.92. The van der Waals surface area contributed by atoms with Gasteiger partial charge in [-0.2, -0.15) is 5.10 Å². The van der Waals surface area contributed by atoms with Crippen molar-refractivity contribution in [3.63, 3.8) is 0 Å². The summed E-state index contributed by atoms with van der Waals surface area (Å²) >= 11 is 0. The third-order valence-electron chi connectivity index (χ3n) is 4.64. The highest BCUT2D eigenvalue weighted by Gasteiger charge is 2.13. The van der Waals surface area contributed by atoms with E-state index >= 15 is 0 Å². The number of amides is 1. The molecule has 0 radical (unpaired) electrons. The number of hydrogen-bond acceptors (Lipinski definition) is 3. The number of aromatic nitrogens is 2. The lowest BCUT2D eigenvalue weighted by atomic mass is 10.2. The molecular weight excluding hydrogens is 400 g/mol. The van der Waals surface area contributed by atoms with E-state index in [4.69, 9.17) is 0 Å². The molecule has 0 fully saturated rings. The van der Waals surface area contributed by atoms with Crippen LogP contribution in [0.5, 0.6) is 0 Å². The van der Waals surface area contributed by atoms with Crippen molar-refractivity contribution in [2.45, 2.75) is 40.3 Å². The van der Waals surface area contributed by atoms with Crippen molar-refractivity contribution in [1.29, 1.82) is 0 Å². The van der Waals surface area contributed by atoms with Crippen molar-refractivity contribution in [2.24, 2.45) is 4.99 Å². The molecule has 2 N–H and O–H groups in total. The standard InChI is InChI=1S/C23H25F2N5O/c1-4-11-30-14-18(16(3)29-30)13-26-23(27-19-8-5-15(2)6-9-19)28-22(31)17-7-10-20(24)21(25)12-17/h5-10,12,14H,4,11,13H2,1-3H3,(H2,26,27,28,31). The predicted octanol–water partition coefficient (Wildman–Crippen LogP) is 4.59. The van der Waals surface area contributed by atoms with Crippen molar-refractivity contribution in [2.75, 3.05) is 5.32 Å². The summed E-state index contributed by atoms with van der Waals surface area (Å²) in [4.78, 5) is 17.1. The normalized spacial score (nSPS) is 11.5. The molecule has 1 heterocycles. The Kier molecular flexibility index (Phi) is 7.12. The summed E-state index contributed by atoms with van der Waals surface area (Å²) in [6.07, 6.45) is 2.90. The number of halogens is 2. The topological polar surface area (TPSA) is 71.3 Å². The second-order valence-corrected chi connectivity index (χ2v) is 7.24. The third kappa shape index (κ3) is 5.97. The fourth-order valence-electron chi connectivity index (χ4n) is 2.92. The highest BCUT2D eigenvalue weighted by Crippen LogP contribution is 2.12. The molecule has 0 saturated heterocycles. The molecule has 0 spiro atoms. The van der Waals surface area contributed by atoms with Crippen LogP contribution in [0.15, 0.2) is 53.7 Å². The lowest BCUT2D eigenvalue weighted by Gasteiger charge is -2.12. The Labute approximate surface area is 180 Å². The van der Waals surface area contributed by atoms with Gasteiger partial charge in [0.15, 0.2) is 11.6 Å². The van der Waals surface area contributed by atoms with Crippen LogP contribution in [0, 0.1) is 25.5 Å². The smallest absolute Gasteiger partial charge is 0.258 e. The zero-order valence-corrected chi connectivity index (χ0v) is 17.7. The number of carbonyl (C=O) groups excluding carboxylic acids is 1. The molecule has 0 aliphatic carbocycles. The fraction of sp³-hybridized carbons (Fsp3) is 0.261. The Morgan fingerprint density at radius 3 is 2.52 bits per heavy atom. The molecule has 0 bridgehead atoms. The van der Waals surface area contributed by atoms with Crippen molar-refractivity contribution < 1.29 is 13.6 Å². The molecule has 0 aliphatic heterocycles. The van der Waals surface area contributed by atoms with E-state index in [0.29, 0.717) is 6.54 Å². The molecule has 162 valence electrons. The van der Waals surface area contributed by atoms with Gasteiger partial charge in [-0.15, -0.1) is 0 Å². The molecule has 0 unspecified atom stereocenters. The predicted molar refractivity (Wildman–Crippen MR) is 117 cm³/mol. The minimum absolute atomic E-state index is 0.00995. The number of anilines is 1. The Morgan fingerprint density at radius 1 is 1.10 bits per heavy atom. The number of carbonyl (C=O) groups is 1. The van der Waals surface area contributed by atoms with E-state index in [1.165, 1.54) is 6.07 Å². The van der Waals surface area contributed by atoms with Crippen LogP contribution in [0.25, 0.3) is 0 Å². The maximum Gasteiger partial charge on any atom is 0.258 e. The molecule has 0 saturated carbocycles. The molecule has 31 heavy (non-hydrogen) atoms. The van der Waals surface area contributed by atoms with Gasteiger partial charge in [0.05, 0.1) is 12.2 Å². The van der Waals surface area contributed by atoms with Crippen LogP contribution in [0.3, 0.4) is 0 Å². The van der Waals surface area contributed by atoms with Crippen LogP contribution in [0.4, 0.5) is 14.5 Å². The number of nitrogens with one attached hydrogen (secondary N) is 2. The minimum Gasteiger partial charge on any atom is -0.326 e. The zero-order chi connectivity index (χ0) is 22.4. The second-order valence-electron chi connectivity index (χ2n) is 7.24. The van der Waals surface area contributed by atoms with E-state index < -0.39 is 17.5 Å². The van der Waals surface area contributed by atoms with Gasteiger partial charge in [0.2, 0.25) is 5.96 Å². The minimum atomic E-state index is -1.09. The van der Waals surface area contributed by atoms with Gasteiger partial charge in [0.25, 0.3) is 5.91 Å². The molecular formula is C23H25F2N5O. The van der Waals surface area contributed by atoms with Crippen LogP contribution in [0.2, 0.25) is 0 Å². The van der Waals surface area contributed by atoms with E-state index in [2.05, 4.69) is 27.6 Å². The van der Waals surface area contributed by atoms with Gasteiger partial charge in [-0.05, 0) is 50.6 Å². The first-order valence-electron chi connectivity index (χ1n) is 10.0. The molecule has 3 aromatic rings. The maximum absolute atomic E-state index is 13.5. The molecule has 1 amide bonds. The highest BCUT2D eigenvalue weighted by atomic mass is 19.2. The molecule has 0 aliphatic rings. The largest absolute Gasteiger partial charge is 0.326 e. The molecule has 6 nitrogen and oxygen atoms in total. The van der Waals surface area contributed by atoms with Crippen LogP contribution in [0.1, 0.15) is 40.5 Å². The van der Waals surface area contributed by atoms with Gasteiger partial charge in [0, 0.05) is 29.6 Å². The molecule has 0 atom stereocenters. The summed E-state index contributed by atoms with van der Waals surface area (Å²) in [6.45, 7) is 7.06. The second kappa shape index (κ2) is 9.97. The molecule has 2 aromatic carbocycles. The number of hydrogen-bond donors (Lipinski definition) is 2. The molecule has 1 aromatic heterocycles. The van der Waals surface area contributed by atoms with Crippen LogP contribution < -0.4 is 10.6 Å². The average Bonchev–Trinajstić information content (AvgIpc) is 3.09. The molecule has 3 rings (SSSR count). The van der Waals surface area contributed by atoms with Crippen molar-refractivity contribution >= 4 is 17.6 Å². The lowest BCUT2D eigenvalue weighted by Crippen LogP contribution is -2.36. The highest BCUT2D eigenvalue weighted by molar-refractivity contribution is 6.09. The van der Waals surface area contributed by atoms with Crippen molar-refractivity contribution in [3.8, 4) is 0 Å². The van der Waals surface area contributed by atoms with E-state index in [1.54, 1.807) is 0 Å². The Bertz CT molecular complexity index is 1090. The monoisotopic (exact) mass is 425 g/mol. The van der Waals surface area contributed by atoms with Gasteiger partial charge in [-0.3, -0.25) is 14.8 Å². The van der Waals surface area contributed by atoms with E-state index in [0.717, 1.165) is 47.6 Å². The number of nitrogens with zero attached hydrogens (tertiary/aromatic N) is 3. The van der Waals surface area contributed by atoms with Crippen molar-refractivity contribution in [3.05, 3.63) is 82.7 Å². The van der Waals surface area contributed by atoms with E-state index in [1.807, 2.05) is 49.0 Å².